The number of amides is 1. The summed E-state index contributed by atoms with van der Waals surface area (Å²) in [6.45, 7) is 0. The Morgan fingerprint density at radius 1 is 1.29 bits per heavy atom. The van der Waals surface area contributed by atoms with Gasteiger partial charge in [0, 0.05) is 5.56 Å². The van der Waals surface area contributed by atoms with Crippen LogP contribution in [0.3, 0.4) is 0 Å². The van der Waals surface area contributed by atoms with E-state index in [0.29, 0.717) is 10.8 Å². The minimum Gasteiger partial charge on any atom is -0.451 e. The molecule has 0 saturated heterocycles. The highest BCUT2D eigenvalue weighted by atomic mass is 35.5. The van der Waals surface area contributed by atoms with Crippen molar-refractivity contribution < 1.29 is 14.0 Å². The lowest BCUT2D eigenvalue weighted by Gasteiger charge is -2.00. The largest absolute Gasteiger partial charge is 0.451 e. The highest BCUT2D eigenvalue weighted by molar-refractivity contribution is 6.33. The number of halogens is 1. The monoisotopic (exact) mass is 251 g/mol. The highest BCUT2D eigenvalue weighted by Gasteiger charge is 2.13. The van der Waals surface area contributed by atoms with Gasteiger partial charge in [-0.3, -0.25) is 9.63 Å². The number of nitrogens with one attached hydrogen (secondary N) is 1. The third kappa shape index (κ3) is 2.49. The maximum Gasteiger partial charge on any atom is 0.310 e. The molecule has 88 valence electrons. The molecule has 0 spiro atoms. The fourth-order valence-electron chi connectivity index (χ4n) is 1.41. The maximum absolute atomic E-state index is 11.4. The summed E-state index contributed by atoms with van der Waals surface area (Å²) in [4.78, 5) is 15.9. The van der Waals surface area contributed by atoms with Crippen LogP contribution in [0.4, 0.5) is 0 Å². The molecule has 4 nitrogen and oxygen atoms in total. The second kappa shape index (κ2) is 5.03. The Balaban J connectivity index is 2.30. The number of furan rings is 1. The lowest BCUT2D eigenvalue weighted by atomic mass is 10.2. The van der Waals surface area contributed by atoms with Gasteiger partial charge in [0.05, 0.1) is 12.1 Å². The third-order valence-corrected chi connectivity index (χ3v) is 2.49. The summed E-state index contributed by atoms with van der Waals surface area (Å²) in [6, 6.07) is 10.5. The van der Waals surface area contributed by atoms with Crippen LogP contribution in [0.5, 0.6) is 0 Å². The highest BCUT2D eigenvalue weighted by Crippen LogP contribution is 2.28. The molecular formula is C12H10ClNO3. The fraction of sp³-hybridized carbons (Fsp3) is 0.0833. The van der Waals surface area contributed by atoms with E-state index >= 15 is 0 Å². The first-order chi connectivity index (χ1) is 8.22. The van der Waals surface area contributed by atoms with E-state index in [4.69, 9.17) is 16.0 Å². The van der Waals surface area contributed by atoms with Gasteiger partial charge in [-0.25, -0.2) is 5.48 Å². The average molecular weight is 252 g/mol. The number of carbonyl (C=O) groups is 1. The van der Waals surface area contributed by atoms with Crippen molar-refractivity contribution in [1.29, 1.82) is 0 Å². The van der Waals surface area contributed by atoms with Crippen molar-refractivity contribution >= 4 is 17.5 Å². The summed E-state index contributed by atoms with van der Waals surface area (Å²) in [5.74, 6) is 0.268. The molecule has 0 radical (unpaired) electrons. The number of hydroxylamine groups is 1. The van der Waals surface area contributed by atoms with Crippen molar-refractivity contribution in [3.63, 3.8) is 0 Å². The molecule has 0 aliphatic carbocycles. The normalized spacial score (nSPS) is 10.2. The molecule has 0 atom stereocenters. The summed E-state index contributed by atoms with van der Waals surface area (Å²) in [5.41, 5.74) is 2.92. The van der Waals surface area contributed by atoms with Gasteiger partial charge in [0.15, 0.2) is 5.76 Å². The first-order valence-electron chi connectivity index (χ1n) is 4.90. The molecular weight excluding hydrogens is 242 g/mol. The predicted octanol–water partition coefficient (Wildman–Crippen LogP) is 2.89. The van der Waals surface area contributed by atoms with Gasteiger partial charge in [0.25, 0.3) is 0 Å². The van der Waals surface area contributed by atoms with E-state index in [1.165, 1.54) is 7.11 Å². The standard InChI is InChI=1S/C12H10ClNO3/c1-16-14-12(15)11-7-6-10(17-11)8-4-2-3-5-9(8)13/h2-7H,1H3,(H,14,15). The average Bonchev–Trinajstić information content (AvgIpc) is 2.79. The Hall–Kier alpha value is -1.78. The molecule has 0 saturated carbocycles. The van der Waals surface area contributed by atoms with E-state index in [2.05, 4.69) is 10.3 Å². The summed E-state index contributed by atoms with van der Waals surface area (Å²) in [7, 11) is 1.36. The molecule has 2 rings (SSSR count). The minimum atomic E-state index is -0.439. The zero-order valence-corrected chi connectivity index (χ0v) is 9.82. The van der Waals surface area contributed by atoms with Crippen LogP contribution >= 0.6 is 11.6 Å². The van der Waals surface area contributed by atoms with Crippen LogP contribution in [-0.4, -0.2) is 13.0 Å². The molecule has 0 unspecified atom stereocenters. The Bertz CT molecular complexity index is 536. The summed E-state index contributed by atoms with van der Waals surface area (Å²) >= 11 is 6.02. The quantitative estimate of drug-likeness (QED) is 0.854. The first-order valence-corrected chi connectivity index (χ1v) is 5.28. The molecule has 0 aliphatic rings. The first kappa shape index (κ1) is 11.7. The molecule has 0 aliphatic heterocycles. The van der Waals surface area contributed by atoms with Crippen LogP contribution in [0.25, 0.3) is 11.3 Å². The maximum atomic E-state index is 11.4. The zero-order chi connectivity index (χ0) is 12.3. The molecule has 1 aromatic carbocycles. The van der Waals surface area contributed by atoms with Crippen LogP contribution in [0, 0.1) is 0 Å². The second-order valence-corrected chi connectivity index (χ2v) is 3.69. The van der Waals surface area contributed by atoms with Crippen molar-refractivity contribution in [3.05, 3.63) is 47.2 Å². The van der Waals surface area contributed by atoms with Crippen molar-refractivity contribution in [1.82, 2.24) is 5.48 Å². The number of rotatable bonds is 3. The van der Waals surface area contributed by atoms with Crippen LogP contribution in [0.1, 0.15) is 10.6 Å². The van der Waals surface area contributed by atoms with Crippen LogP contribution in [0.15, 0.2) is 40.8 Å². The van der Waals surface area contributed by atoms with Gasteiger partial charge >= 0.3 is 5.91 Å². The van der Waals surface area contributed by atoms with E-state index in [-0.39, 0.29) is 5.76 Å². The molecule has 1 amide bonds. The number of hydrogen-bond acceptors (Lipinski definition) is 3. The van der Waals surface area contributed by atoms with Gasteiger partial charge in [-0.15, -0.1) is 0 Å². The molecule has 5 heteroatoms. The van der Waals surface area contributed by atoms with E-state index in [0.717, 1.165) is 5.56 Å². The summed E-state index contributed by atoms with van der Waals surface area (Å²) in [5, 5.41) is 0.570. The predicted molar refractivity (Wildman–Crippen MR) is 63.6 cm³/mol. The number of benzene rings is 1. The second-order valence-electron chi connectivity index (χ2n) is 3.28. The Kier molecular flexibility index (Phi) is 3.46. The molecule has 1 heterocycles. The molecule has 1 aromatic heterocycles. The third-order valence-electron chi connectivity index (χ3n) is 2.16. The van der Waals surface area contributed by atoms with Gasteiger partial charge in [-0.1, -0.05) is 23.7 Å². The smallest absolute Gasteiger partial charge is 0.310 e. The Morgan fingerprint density at radius 2 is 2.06 bits per heavy atom. The van der Waals surface area contributed by atoms with Gasteiger partial charge in [0.1, 0.15) is 5.76 Å². The molecule has 0 fully saturated rings. The Labute approximate surface area is 103 Å². The van der Waals surface area contributed by atoms with Crippen molar-refractivity contribution in [2.24, 2.45) is 0 Å². The SMILES string of the molecule is CONC(=O)c1ccc(-c2ccccc2Cl)o1. The summed E-state index contributed by atoms with van der Waals surface area (Å²) in [6.07, 6.45) is 0. The number of carbonyl (C=O) groups excluding carboxylic acids is 1. The summed E-state index contributed by atoms with van der Waals surface area (Å²) < 4.78 is 5.39. The van der Waals surface area contributed by atoms with E-state index in [1.807, 2.05) is 18.2 Å². The molecule has 0 bridgehead atoms. The molecule has 17 heavy (non-hydrogen) atoms. The number of hydrogen-bond donors (Lipinski definition) is 1. The van der Waals surface area contributed by atoms with E-state index < -0.39 is 5.91 Å². The minimum absolute atomic E-state index is 0.168. The van der Waals surface area contributed by atoms with Crippen LogP contribution in [-0.2, 0) is 4.84 Å². The van der Waals surface area contributed by atoms with Gasteiger partial charge in [0.2, 0.25) is 0 Å². The molecule has 2 aromatic rings. The van der Waals surface area contributed by atoms with Crippen molar-refractivity contribution in [3.8, 4) is 11.3 Å². The van der Waals surface area contributed by atoms with Gasteiger partial charge in [-0.05, 0) is 24.3 Å². The van der Waals surface area contributed by atoms with E-state index in [9.17, 15) is 4.79 Å². The van der Waals surface area contributed by atoms with Gasteiger partial charge < -0.3 is 4.42 Å². The van der Waals surface area contributed by atoms with Crippen molar-refractivity contribution in [2.45, 2.75) is 0 Å². The van der Waals surface area contributed by atoms with Gasteiger partial charge in [-0.2, -0.15) is 0 Å². The van der Waals surface area contributed by atoms with Crippen LogP contribution < -0.4 is 5.48 Å². The van der Waals surface area contributed by atoms with Crippen molar-refractivity contribution in [2.75, 3.05) is 7.11 Å². The lowest BCUT2D eigenvalue weighted by molar-refractivity contribution is 0.0510. The van der Waals surface area contributed by atoms with Crippen LogP contribution in [0.2, 0.25) is 5.02 Å². The van der Waals surface area contributed by atoms with E-state index in [1.54, 1.807) is 18.2 Å². The topological polar surface area (TPSA) is 51.5 Å². The molecule has 1 N–H and O–H groups in total. The lowest BCUT2D eigenvalue weighted by Crippen LogP contribution is -2.20. The zero-order valence-electron chi connectivity index (χ0n) is 9.07. The fourth-order valence-corrected chi connectivity index (χ4v) is 1.64. The Morgan fingerprint density at radius 3 is 2.76 bits per heavy atom.